The standard InChI is InChI=1S/C18H26N6O/c1-11-5-12(2)24(23-11)10-18(3-4-18)9-20-16-8-15(21-17(19)22-16)13-6-14(25)7-13/h5,8,13-14,25H,3-4,6-7,9-10H2,1-2H3,(H3,19,20,21,22). The molecule has 0 saturated heterocycles. The molecule has 25 heavy (non-hydrogen) atoms. The molecule has 134 valence electrons. The first-order valence-corrected chi connectivity index (χ1v) is 9.00. The van der Waals surface area contributed by atoms with E-state index in [0.717, 1.165) is 43.1 Å². The van der Waals surface area contributed by atoms with Crippen molar-refractivity contribution in [2.75, 3.05) is 17.6 Å². The summed E-state index contributed by atoms with van der Waals surface area (Å²) in [6.07, 6.45) is 3.71. The van der Waals surface area contributed by atoms with Crippen molar-refractivity contribution in [3.8, 4) is 0 Å². The Morgan fingerprint density at radius 2 is 2.04 bits per heavy atom. The highest BCUT2D eigenvalue weighted by molar-refractivity contribution is 5.42. The first-order valence-electron chi connectivity index (χ1n) is 9.00. The normalized spacial score (nSPS) is 24.0. The maximum absolute atomic E-state index is 9.50. The summed E-state index contributed by atoms with van der Waals surface area (Å²) >= 11 is 0. The number of rotatable bonds is 6. The second-order valence-corrected chi connectivity index (χ2v) is 7.80. The lowest BCUT2D eigenvalue weighted by Crippen LogP contribution is -2.28. The second-order valence-electron chi connectivity index (χ2n) is 7.80. The zero-order chi connectivity index (χ0) is 17.6. The van der Waals surface area contributed by atoms with Gasteiger partial charge in [0.1, 0.15) is 5.82 Å². The number of aromatic nitrogens is 4. The summed E-state index contributed by atoms with van der Waals surface area (Å²) in [6.45, 7) is 5.92. The fraction of sp³-hybridized carbons (Fsp3) is 0.611. The van der Waals surface area contributed by atoms with Gasteiger partial charge in [-0.1, -0.05) is 0 Å². The van der Waals surface area contributed by atoms with E-state index in [9.17, 15) is 5.11 Å². The Morgan fingerprint density at radius 3 is 2.64 bits per heavy atom. The smallest absolute Gasteiger partial charge is 0.222 e. The Bertz CT molecular complexity index is 776. The van der Waals surface area contributed by atoms with Crippen LogP contribution in [-0.4, -0.2) is 37.5 Å². The number of aliphatic hydroxyl groups is 1. The highest BCUT2D eigenvalue weighted by Crippen LogP contribution is 2.47. The maximum atomic E-state index is 9.50. The minimum absolute atomic E-state index is 0.201. The predicted octanol–water partition coefficient (Wildman–Crippen LogP) is 2.00. The molecule has 7 nitrogen and oxygen atoms in total. The van der Waals surface area contributed by atoms with Gasteiger partial charge in [0.2, 0.25) is 5.95 Å². The summed E-state index contributed by atoms with van der Waals surface area (Å²) in [6, 6.07) is 4.10. The van der Waals surface area contributed by atoms with Crippen LogP contribution in [0.1, 0.15) is 48.7 Å². The van der Waals surface area contributed by atoms with Gasteiger partial charge in [-0.05, 0) is 45.6 Å². The number of hydrogen-bond acceptors (Lipinski definition) is 6. The van der Waals surface area contributed by atoms with Crippen LogP contribution in [0.4, 0.5) is 11.8 Å². The van der Waals surface area contributed by atoms with Crippen molar-refractivity contribution in [3.63, 3.8) is 0 Å². The van der Waals surface area contributed by atoms with Crippen LogP contribution < -0.4 is 11.1 Å². The lowest BCUT2D eigenvalue weighted by atomic mass is 9.80. The molecule has 0 aromatic carbocycles. The number of aliphatic hydroxyl groups excluding tert-OH is 1. The molecule has 7 heteroatoms. The molecule has 2 aromatic heterocycles. The lowest BCUT2D eigenvalue weighted by molar-refractivity contribution is 0.0732. The molecular weight excluding hydrogens is 316 g/mol. The number of nitrogen functional groups attached to an aromatic ring is 1. The fourth-order valence-electron chi connectivity index (χ4n) is 3.61. The maximum Gasteiger partial charge on any atom is 0.222 e. The van der Waals surface area contributed by atoms with E-state index in [4.69, 9.17) is 5.73 Å². The van der Waals surface area contributed by atoms with E-state index in [1.807, 2.05) is 13.0 Å². The van der Waals surface area contributed by atoms with E-state index in [0.29, 0.717) is 11.9 Å². The molecule has 0 spiro atoms. The van der Waals surface area contributed by atoms with Crippen LogP contribution in [0, 0.1) is 19.3 Å². The Balaban J connectivity index is 1.41. The van der Waals surface area contributed by atoms with E-state index in [1.54, 1.807) is 0 Å². The van der Waals surface area contributed by atoms with Gasteiger partial charge >= 0.3 is 0 Å². The van der Waals surface area contributed by atoms with E-state index in [1.165, 1.54) is 18.5 Å². The molecule has 2 aliphatic rings. The molecule has 0 bridgehead atoms. The van der Waals surface area contributed by atoms with Gasteiger partial charge in [0.25, 0.3) is 0 Å². The van der Waals surface area contributed by atoms with E-state index in [2.05, 4.69) is 38.1 Å². The van der Waals surface area contributed by atoms with Gasteiger partial charge < -0.3 is 16.2 Å². The van der Waals surface area contributed by atoms with Gasteiger partial charge in [-0.25, -0.2) is 4.98 Å². The SMILES string of the molecule is Cc1cc(C)n(CC2(CNc3cc(C4CC(O)C4)nc(N)n3)CC2)n1. The predicted molar refractivity (Wildman–Crippen MR) is 96.3 cm³/mol. The topological polar surface area (TPSA) is 102 Å². The van der Waals surface area contributed by atoms with Crippen LogP contribution in [-0.2, 0) is 6.54 Å². The summed E-state index contributed by atoms with van der Waals surface area (Å²) in [5, 5.41) is 17.5. The average molecular weight is 342 g/mol. The number of aryl methyl sites for hydroxylation is 2. The van der Waals surface area contributed by atoms with Crippen molar-refractivity contribution in [3.05, 3.63) is 29.2 Å². The van der Waals surface area contributed by atoms with Gasteiger partial charge in [0.05, 0.1) is 17.5 Å². The molecule has 0 aliphatic heterocycles. The number of nitrogens with zero attached hydrogens (tertiary/aromatic N) is 4. The summed E-state index contributed by atoms with van der Waals surface area (Å²) in [7, 11) is 0. The number of nitrogens with one attached hydrogen (secondary N) is 1. The first kappa shape index (κ1) is 16.3. The highest BCUT2D eigenvalue weighted by atomic mass is 16.3. The Kier molecular flexibility index (Phi) is 3.91. The van der Waals surface area contributed by atoms with E-state index in [-0.39, 0.29) is 11.5 Å². The monoisotopic (exact) mass is 342 g/mol. The van der Waals surface area contributed by atoms with E-state index >= 15 is 0 Å². The van der Waals surface area contributed by atoms with Gasteiger partial charge in [-0.3, -0.25) is 4.68 Å². The van der Waals surface area contributed by atoms with Crippen LogP contribution in [0.15, 0.2) is 12.1 Å². The number of hydrogen-bond donors (Lipinski definition) is 3. The summed E-state index contributed by atoms with van der Waals surface area (Å²) in [5.74, 6) is 1.37. The molecular formula is C18H26N6O. The van der Waals surface area contributed by atoms with Crippen molar-refractivity contribution in [2.24, 2.45) is 5.41 Å². The minimum Gasteiger partial charge on any atom is -0.393 e. The van der Waals surface area contributed by atoms with E-state index < -0.39 is 0 Å². The first-order chi connectivity index (χ1) is 11.9. The van der Waals surface area contributed by atoms with Crippen molar-refractivity contribution in [1.29, 1.82) is 0 Å². The molecule has 0 radical (unpaired) electrons. The molecule has 0 unspecified atom stereocenters. The molecule has 2 aliphatic carbocycles. The van der Waals surface area contributed by atoms with Crippen LogP contribution in [0.5, 0.6) is 0 Å². The third-order valence-electron chi connectivity index (χ3n) is 5.48. The van der Waals surface area contributed by atoms with Gasteiger partial charge in [0.15, 0.2) is 0 Å². The Hall–Kier alpha value is -2.15. The average Bonchev–Trinajstić information content (AvgIpc) is 3.21. The van der Waals surface area contributed by atoms with Gasteiger partial charge in [-0.2, -0.15) is 10.1 Å². The van der Waals surface area contributed by atoms with Crippen molar-refractivity contribution >= 4 is 11.8 Å². The quantitative estimate of drug-likeness (QED) is 0.742. The molecule has 2 aromatic rings. The molecule has 0 amide bonds. The van der Waals surface area contributed by atoms with Crippen LogP contribution in [0.3, 0.4) is 0 Å². The summed E-state index contributed by atoms with van der Waals surface area (Å²) in [5.41, 5.74) is 9.33. The third kappa shape index (κ3) is 3.46. The molecule has 4 N–H and O–H groups in total. The van der Waals surface area contributed by atoms with Crippen LogP contribution in [0.2, 0.25) is 0 Å². The second kappa shape index (κ2) is 5.98. The fourth-order valence-corrected chi connectivity index (χ4v) is 3.61. The number of anilines is 2. The summed E-state index contributed by atoms with van der Waals surface area (Å²) < 4.78 is 2.11. The largest absolute Gasteiger partial charge is 0.393 e. The lowest BCUT2D eigenvalue weighted by Gasteiger charge is -2.31. The molecule has 2 heterocycles. The van der Waals surface area contributed by atoms with Gasteiger partial charge in [-0.15, -0.1) is 0 Å². The summed E-state index contributed by atoms with van der Waals surface area (Å²) in [4.78, 5) is 8.66. The van der Waals surface area contributed by atoms with Gasteiger partial charge in [0, 0.05) is 36.2 Å². The Morgan fingerprint density at radius 1 is 1.28 bits per heavy atom. The molecule has 2 saturated carbocycles. The highest BCUT2D eigenvalue weighted by Gasteiger charge is 2.43. The molecule has 0 atom stereocenters. The minimum atomic E-state index is -0.201. The zero-order valence-electron chi connectivity index (χ0n) is 14.9. The van der Waals surface area contributed by atoms with Crippen molar-refractivity contribution < 1.29 is 5.11 Å². The zero-order valence-corrected chi connectivity index (χ0v) is 14.9. The van der Waals surface area contributed by atoms with Crippen LogP contribution >= 0.6 is 0 Å². The van der Waals surface area contributed by atoms with Crippen molar-refractivity contribution in [1.82, 2.24) is 19.7 Å². The van der Waals surface area contributed by atoms with Crippen LogP contribution in [0.25, 0.3) is 0 Å². The Labute approximate surface area is 147 Å². The number of nitrogens with two attached hydrogens (primary N) is 1. The molecule has 4 rings (SSSR count). The third-order valence-corrected chi connectivity index (χ3v) is 5.48. The van der Waals surface area contributed by atoms with Crippen molar-refractivity contribution in [2.45, 2.75) is 58.1 Å². The molecule has 2 fully saturated rings.